The molecule has 10 heteroatoms. The molecule has 3 aromatic carbocycles. The molecule has 37 heavy (non-hydrogen) atoms. The molecular formula is C27H23F3N4O3. The van der Waals surface area contributed by atoms with Crippen LogP contribution in [0.4, 0.5) is 13.2 Å². The van der Waals surface area contributed by atoms with Crippen LogP contribution < -0.4 is 16.6 Å². The van der Waals surface area contributed by atoms with Crippen LogP contribution in [0, 0.1) is 6.92 Å². The Balaban J connectivity index is 1.79. The lowest BCUT2D eigenvalue weighted by molar-refractivity contribution is -0.137. The average molecular weight is 509 g/mol. The zero-order valence-corrected chi connectivity index (χ0v) is 20.0. The van der Waals surface area contributed by atoms with E-state index >= 15 is 0 Å². The third-order valence-electron chi connectivity index (χ3n) is 5.79. The van der Waals surface area contributed by atoms with Gasteiger partial charge in [-0.3, -0.25) is 14.2 Å². The Hall–Kier alpha value is -4.47. The SMILES string of the molecule is Cc1cccc(-n2nc(C(=O)NC(C)c3ccccc3)c(=O)n(Cc3ccc(C(F)(F)F)cc3)c2=O)c1. The molecule has 1 N–H and O–H groups in total. The lowest BCUT2D eigenvalue weighted by Crippen LogP contribution is -2.46. The van der Waals surface area contributed by atoms with Crippen molar-refractivity contribution in [1.29, 1.82) is 0 Å². The first-order valence-electron chi connectivity index (χ1n) is 11.4. The van der Waals surface area contributed by atoms with E-state index in [1.54, 1.807) is 25.1 Å². The molecule has 1 heterocycles. The number of amides is 1. The first kappa shape index (κ1) is 25.6. The van der Waals surface area contributed by atoms with Crippen molar-refractivity contribution in [3.05, 3.63) is 128 Å². The van der Waals surface area contributed by atoms with Crippen LogP contribution in [-0.2, 0) is 12.7 Å². The summed E-state index contributed by atoms with van der Waals surface area (Å²) in [6.07, 6.45) is -4.52. The summed E-state index contributed by atoms with van der Waals surface area (Å²) in [5, 5.41) is 6.81. The van der Waals surface area contributed by atoms with Gasteiger partial charge in [-0.05, 0) is 54.8 Å². The standard InChI is InChI=1S/C27H23F3N4O3/c1-17-7-6-10-22(15-17)34-26(37)33(16-19-11-13-21(14-12-19)27(28,29)30)25(36)23(32-34)24(35)31-18(2)20-8-4-3-5-9-20/h3-15,18H,16H2,1-2H3,(H,31,35). The fourth-order valence-electron chi connectivity index (χ4n) is 3.80. The predicted molar refractivity (Wildman–Crippen MR) is 132 cm³/mol. The monoisotopic (exact) mass is 508 g/mol. The second-order valence-electron chi connectivity index (χ2n) is 8.57. The van der Waals surface area contributed by atoms with E-state index in [9.17, 15) is 27.6 Å². The fourth-order valence-corrected chi connectivity index (χ4v) is 3.80. The minimum atomic E-state index is -4.52. The van der Waals surface area contributed by atoms with Crippen molar-refractivity contribution in [2.45, 2.75) is 32.6 Å². The molecule has 0 aliphatic carbocycles. The van der Waals surface area contributed by atoms with Gasteiger partial charge in [0.05, 0.1) is 23.8 Å². The van der Waals surface area contributed by atoms with E-state index in [0.717, 1.165) is 32.5 Å². The second kappa shape index (κ2) is 10.3. The van der Waals surface area contributed by atoms with Gasteiger partial charge in [-0.2, -0.15) is 23.0 Å². The van der Waals surface area contributed by atoms with Gasteiger partial charge in [-0.15, -0.1) is 0 Å². The minimum Gasteiger partial charge on any atom is -0.344 e. The molecular weight excluding hydrogens is 485 g/mol. The van der Waals surface area contributed by atoms with Crippen LogP contribution in [-0.4, -0.2) is 20.3 Å². The Kier molecular flexibility index (Phi) is 7.10. The molecule has 7 nitrogen and oxygen atoms in total. The van der Waals surface area contributed by atoms with Crippen molar-refractivity contribution in [3.8, 4) is 5.69 Å². The maximum atomic E-state index is 13.3. The number of hydrogen-bond donors (Lipinski definition) is 1. The lowest BCUT2D eigenvalue weighted by atomic mass is 10.1. The predicted octanol–water partition coefficient (Wildman–Crippen LogP) is 4.26. The van der Waals surface area contributed by atoms with Crippen molar-refractivity contribution in [2.75, 3.05) is 0 Å². The molecule has 0 saturated heterocycles. The molecule has 0 bridgehead atoms. The normalized spacial score (nSPS) is 12.2. The highest BCUT2D eigenvalue weighted by molar-refractivity contribution is 5.92. The van der Waals surface area contributed by atoms with E-state index in [1.807, 2.05) is 43.3 Å². The van der Waals surface area contributed by atoms with Crippen LogP contribution in [0.2, 0.25) is 0 Å². The number of carbonyl (C=O) groups excluding carboxylic acids is 1. The molecule has 1 atom stereocenters. The summed E-state index contributed by atoms with van der Waals surface area (Å²) in [5.41, 5.74) is -0.936. The van der Waals surface area contributed by atoms with Gasteiger partial charge < -0.3 is 5.32 Å². The van der Waals surface area contributed by atoms with E-state index in [2.05, 4.69) is 10.4 Å². The van der Waals surface area contributed by atoms with Crippen molar-refractivity contribution in [1.82, 2.24) is 19.7 Å². The highest BCUT2D eigenvalue weighted by Gasteiger charge is 2.30. The van der Waals surface area contributed by atoms with E-state index < -0.39 is 40.6 Å². The highest BCUT2D eigenvalue weighted by Crippen LogP contribution is 2.29. The first-order valence-corrected chi connectivity index (χ1v) is 11.4. The molecule has 0 aliphatic rings. The zero-order chi connectivity index (χ0) is 26.7. The van der Waals surface area contributed by atoms with E-state index in [-0.39, 0.29) is 12.1 Å². The summed E-state index contributed by atoms with van der Waals surface area (Å²) in [4.78, 5) is 39.7. The largest absolute Gasteiger partial charge is 0.416 e. The number of aryl methyl sites for hydroxylation is 1. The average Bonchev–Trinajstić information content (AvgIpc) is 2.87. The van der Waals surface area contributed by atoms with Gasteiger partial charge in [0.2, 0.25) is 5.69 Å². The Morgan fingerprint density at radius 2 is 1.65 bits per heavy atom. The van der Waals surface area contributed by atoms with Crippen LogP contribution in [0.1, 0.15) is 45.7 Å². The van der Waals surface area contributed by atoms with Crippen LogP contribution in [0.3, 0.4) is 0 Å². The van der Waals surface area contributed by atoms with Crippen molar-refractivity contribution in [3.63, 3.8) is 0 Å². The third-order valence-corrected chi connectivity index (χ3v) is 5.79. The number of nitrogens with zero attached hydrogens (tertiary/aromatic N) is 3. The maximum absolute atomic E-state index is 13.3. The molecule has 1 aromatic heterocycles. The first-order chi connectivity index (χ1) is 17.5. The van der Waals surface area contributed by atoms with Crippen molar-refractivity contribution in [2.24, 2.45) is 0 Å². The topological polar surface area (TPSA) is 86.0 Å². The summed E-state index contributed by atoms with van der Waals surface area (Å²) < 4.78 is 40.6. The highest BCUT2D eigenvalue weighted by atomic mass is 19.4. The number of halogens is 3. The summed E-state index contributed by atoms with van der Waals surface area (Å²) in [6.45, 7) is 3.20. The van der Waals surface area contributed by atoms with E-state index in [1.165, 1.54) is 12.1 Å². The van der Waals surface area contributed by atoms with Crippen molar-refractivity contribution < 1.29 is 18.0 Å². The molecule has 0 spiro atoms. The number of hydrogen-bond acceptors (Lipinski definition) is 4. The Morgan fingerprint density at radius 1 is 0.973 bits per heavy atom. The summed E-state index contributed by atoms with van der Waals surface area (Å²) in [6, 6.07) is 19.5. The fraction of sp³-hybridized carbons (Fsp3) is 0.185. The molecule has 0 aliphatic heterocycles. The van der Waals surface area contributed by atoms with Gasteiger partial charge >= 0.3 is 11.9 Å². The quantitative estimate of drug-likeness (QED) is 0.422. The zero-order valence-electron chi connectivity index (χ0n) is 20.0. The number of aromatic nitrogens is 3. The Labute approximate surface area is 209 Å². The van der Waals surface area contributed by atoms with Crippen LogP contribution in [0.25, 0.3) is 5.69 Å². The molecule has 0 saturated carbocycles. The van der Waals surface area contributed by atoms with E-state index in [4.69, 9.17) is 0 Å². The van der Waals surface area contributed by atoms with Gasteiger partial charge in [0.25, 0.3) is 11.5 Å². The molecule has 4 aromatic rings. The molecule has 1 unspecified atom stereocenters. The number of carbonyl (C=O) groups is 1. The number of alkyl halides is 3. The Morgan fingerprint density at radius 3 is 2.27 bits per heavy atom. The van der Waals surface area contributed by atoms with E-state index in [0.29, 0.717) is 5.69 Å². The molecule has 0 radical (unpaired) electrons. The third kappa shape index (κ3) is 5.69. The number of benzene rings is 3. The summed E-state index contributed by atoms with van der Waals surface area (Å²) >= 11 is 0. The second-order valence-corrected chi connectivity index (χ2v) is 8.57. The summed E-state index contributed by atoms with van der Waals surface area (Å²) in [7, 11) is 0. The van der Waals surface area contributed by atoms with Crippen LogP contribution in [0.5, 0.6) is 0 Å². The van der Waals surface area contributed by atoms with Crippen molar-refractivity contribution >= 4 is 5.91 Å². The van der Waals surface area contributed by atoms with Gasteiger partial charge in [-0.25, -0.2) is 4.79 Å². The lowest BCUT2D eigenvalue weighted by Gasteiger charge is -2.16. The van der Waals surface area contributed by atoms with Gasteiger partial charge in [0, 0.05) is 0 Å². The summed E-state index contributed by atoms with van der Waals surface area (Å²) in [5.74, 6) is -0.788. The molecule has 4 rings (SSSR count). The van der Waals surface area contributed by atoms with Crippen LogP contribution >= 0.6 is 0 Å². The van der Waals surface area contributed by atoms with Gasteiger partial charge in [-0.1, -0.05) is 54.6 Å². The number of rotatable bonds is 6. The minimum absolute atomic E-state index is 0.276. The van der Waals surface area contributed by atoms with Gasteiger partial charge in [0.15, 0.2) is 0 Å². The molecule has 1 amide bonds. The maximum Gasteiger partial charge on any atom is 0.416 e. The smallest absolute Gasteiger partial charge is 0.344 e. The molecule has 0 fully saturated rings. The Bertz CT molecular complexity index is 1540. The van der Waals surface area contributed by atoms with Gasteiger partial charge in [0.1, 0.15) is 0 Å². The molecule has 190 valence electrons. The van der Waals surface area contributed by atoms with Crippen LogP contribution in [0.15, 0.2) is 88.5 Å². The number of nitrogens with one attached hydrogen (secondary N) is 1.